The van der Waals surface area contributed by atoms with Crippen LogP contribution in [0.1, 0.15) is 25.8 Å². The SMILES string of the molecule is COc1cc2c(cc1OC(C)C)NC(=O)CC2. The number of rotatable bonds is 3. The van der Waals surface area contributed by atoms with E-state index in [-0.39, 0.29) is 12.0 Å². The van der Waals surface area contributed by atoms with Crippen molar-refractivity contribution >= 4 is 11.6 Å². The van der Waals surface area contributed by atoms with Gasteiger partial charge < -0.3 is 14.8 Å². The van der Waals surface area contributed by atoms with E-state index in [4.69, 9.17) is 9.47 Å². The molecule has 17 heavy (non-hydrogen) atoms. The Morgan fingerprint density at radius 2 is 2.00 bits per heavy atom. The predicted octanol–water partition coefficient (Wildman–Crippen LogP) is 2.37. The van der Waals surface area contributed by atoms with Gasteiger partial charge in [0.2, 0.25) is 5.91 Å². The molecular formula is C13H17NO3. The molecule has 0 saturated heterocycles. The molecule has 4 nitrogen and oxygen atoms in total. The third-order valence-electron chi connectivity index (χ3n) is 2.65. The third-order valence-corrected chi connectivity index (χ3v) is 2.65. The Morgan fingerprint density at radius 1 is 1.24 bits per heavy atom. The average molecular weight is 235 g/mol. The molecule has 1 heterocycles. The summed E-state index contributed by atoms with van der Waals surface area (Å²) in [6.45, 7) is 3.91. The van der Waals surface area contributed by atoms with Gasteiger partial charge in [-0.1, -0.05) is 0 Å². The lowest BCUT2D eigenvalue weighted by molar-refractivity contribution is -0.116. The smallest absolute Gasteiger partial charge is 0.224 e. The number of hydrogen-bond acceptors (Lipinski definition) is 3. The molecule has 0 unspecified atom stereocenters. The second kappa shape index (κ2) is 4.65. The Kier molecular flexibility index (Phi) is 3.22. The van der Waals surface area contributed by atoms with Gasteiger partial charge in [-0.05, 0) is 31.9 Å². The van der Waals surface area contributed by atoms with E-state index in [1.807, 2.05) is 26.0 Å². The molecule has 92 valence electrons. The highest BCUT2D eigenvalue weighted by Gasteiger charge is 2.18. The fraction of sp³-hybridized carbons (Fsp3) is 0.462. The van der Waals surface area contributed by atoms with E-state index >= 15 is 0 Å². The Labute approximate surface area is 101 Å². The molecule has 0 spiro atoms. The summed E-state index contributed by atoms with van der Waals surface area (Å²) in [7, 11) is 1.62. The number of carbonyl (C=O) groups is 1. The summed E-state index contributed by atoms with van der Waals surface area (Å²) in [5.74, 6) is 1.44. The lowest BCUT2D eigenvalue weighted by Gasteiger charge is -2.21. The Balaban J connectivity index is 2.38. The maximum atomic E-state index is 11.3. The van der Waals surface area contributed by atoms with E-state index in [1.54, 1.807) is 7.11 Å². The molecule has 1 aromatic rings. The van der Waals surface area contributed by atoms with Gasteiger partial charge in [-0.3, -0.25) is 4.79 Å². The minimum Gasteiger partial charge on any atom is -0.493 e. The zero-order valence-corrected chi connectivity index (χ0v) is 10.4. The van der Waals surface area contributed by atoms with Gasteiger partial charge in [0.05, 0.1) is 13.2 Å². The van der Waals surface area contributed by atoms with Gasteiger partial charge in [-0.15, -0.1) is 0 Å². The van der Waals surface area contributed by atoms with Crippen molar-refractivity contribution in [1.82, 2.24) is 0 Å². The largest absolute Gasteiger partial charge is 0.493 e. The molecule has 0 bridgehead atoms. The molecule has 0 aliphatic carbocycles. The summed E-state index contributed by atoms with van der Waals surface area (Å²) in [6, 6.07) is 3.78. The molecule has 4 heteroatoms. The van der Waals surface area contributed by atoms with Gasteiger partial charge >= 0.3 is 0 Å². The van der Waals surface area contributed by atoms with Gasteiger partial charge in [-0.2, -0.15) is 0 Å². The van der Waals surface area contributed by atoms with Crippen LogP contribution in [0, 0.1) is 0 Å². The molecule has 1 amide bonds. The Bertz CT molecular complexity index is 441. The molecule has 0 saturated carbocycles. The normalized spacial score (nSPS) is 14.2. The van der Waals surface area contributed by atoms with Crippen LogP contribution in [0.25, 0.3) is 0 Å². The van der Waals surface area contributed by atoms with Crippen molar-refractivity contribution in [2.45, 2.75) is 32.8 Å². The van der Waals surface area contributed by atoms with Gasteiger partial charge in [0.25, 0.3) is 0 Å². The number of fused-ring (bicyclic) bond motifs is 1. The number of amides is 1. The highest BCUT2D eigenvalue weighted by molar-refractivity contribution is 5.94. The second-order valence-corrected chi connectivity index (χ2v) is 4.37. The zero-order valence-electron chi connectivity index (χ0n) is 10.4. The number of carbonyl (C=O) groups excluding carboxylic acids is 1. The number of aryl methyl sites for hydroxylation is 1. The molecule has 0 aromatic heterocycles. The van der Waals surface area contributed by atoms with Crippen LogP contribution in [0.3, 0.4) is 0 Å². The van der Waals surface area contributed by atoms with Gasteiger partial charge in [-0.25, -0.2) is 0 Å². The first-order chi connectivity index (χ1) is 8.10. The first-order valence-electron chi connectivity index (χ1n) is 5.77. The van der Waals surface area contributed by atoms with Crippen LogP contribution in [0.15, 0.2) is 12.1 Å². The average Bonchev–Trinajstić information content (AvgIpc) is 2.27. The van der Waals surface area contributed by atoms with E-state index in [0.29, 0.717) is 17.9 Å². The van der Waals surface area contributed by atoms with Crippen molar-refractivity contribution in [2.24, 2.45) is 0 Å². The molecule has 1 aromatic carbocycles. The van der Waals surface area contributed by atoms with E-state index < -0.39 is 0 Å². The number of benzene rings is 1. The van der Waals surface area contributed by atoms with Crippen LogP contribution < -0.4 is 14.8 Å². The van der Waals surface area contributed by atoms with Gasteiger partial charge in [0.1, 0.15) is 0 Å². The van der Waals surface area contributed by atoms with Crippen LogP contribution in [0.4, 0.5) is 5.69 Å². The summed E-state index contributed by atoms with van der Waals surface area (Å²) in [5, 5.41) is 2.85. The Hall–Kier alpha value is -1.71. The van der Waals surface area contributed by atoms with E-state index in [1.165, 1.54) is 0 Å². The van der Waals surface area contributed by atoms with Crippen molar-refractivity contribution in [2.75, 3.05) is 12.4 Å². The van der Waals surface area contributed by atoms with Crippen molar-refractivity contribution in [3.8, 4) is 11.5 Å². The van der Waals surface area contributed by atoms with Crippen LogP contribution in [-0.2, 0) is 11.2 Å². The van der Waals surface area contributed by atoms with Crippen molar-refractivity contribution in [3.63, 3.8) is 0 Å². The molecule has 0 fully saturated rings. The van der Waals surface area contributed by atoms with Crippen LogP contribution in [0.5, 0.6) is 11.5 Å². The first-order valence-corrected chi connectivity index (χ1v) is 5.77. The standard InChI is InChI=1S/C13H17NO3/c1-8(2)17-12-7-10-9(6-11(12)16-3)4-5-13(15)14-10/h6-8H,4-5H2,1-3H3,(H,14,15). The van der Waals surface area contributed by atoms with Crippen molar-refractivity contribution < 1.29 is 14.3 Å². The van der Waals surface area contributed by atoms with Gasteiger partial charge in [0, 0.05) is 18.2 Å². The Morgan fingerprint density at radius 3 is 2.65 bits per heavy atom. The molecule has 0 atom stereocenters. The summed E-state index contributed by atoms with van der Waals surface area (Å²) in [5.41, 5.74) is 1.93. The third kappa shape index (κ3) is 2.52. The highest BCUT2D eigenvalue weighted by atomic mass is 16.5. The summed E-state index contributed by atoms with van der Waals surface area (Å²) < 4.78 is 11.0. The number of nitrogens with one attached hydrogen (secondary N) is 1. The maximum absolute atomic E-state index is 11.3. The molecule has 1 aliphatic heterocycles. The monoisotopic (exact) mass is 235 g/mol. The van der Waals surface area contributed by atoms with Gasteiger partial charge in [0.15, 0.2) is 11.5 Å². The summed E-state index contributed by atoms with van der Waals surface area (Å²) >= 11 is 0. The van der Waals surface area contributed by atoms with Crippen molar-refractivity contribution in [3.05, 3.63) is 17.7 Å². The number of anilines is 1. The van der Waals surface area contributed by atoms with Crippen molar-refractivity contribution in [1.29, 1.82) is 0 Å². The molecule has 2 rings (SSSR count). The summed E-state index contributed by atoms with van der Waals surface area (Å²) in [4.78, 5) is 11.3. The zero-order chi connectivity index (χ0) is 12.4. The van der Waals surface area contributed by atoms with E-state index in [2.05, 4.69) is 5.32 Å². The van der Waals surface area contributed by atoms with Crippen LogP contribution >= 0.6 is 0 Å². The fourth-order valence-electron chi connectivity index (χ4n) is 1.89. The number of hydrogen-bond donors (Lipinski definition) is 1. The van der Waals surface area contributed by atoms with E-state index in [0.717, 1.165) is 17.7 Å². The minimum atomic E-state index is 0.0539. The van der Waals surface area contributed by atoms with E-state index in [9.17, 15) is 4.79 Å². The molecule has 1 aliphatic rings. The minimum absolute atomic E-state index is 0.0539. The summed E-state index contributed by atoms with van der Waals surface area (Å²) in [6.07, 6.45) is 1.35. The lowest BCUT2D eigenvalue weighted by atomic mass is 10.0. The topological polar surface area (TPSA) is 47.6 Å². The second-order valence-electron chi connectivity index (χ2n) is 4.37. The molecular weight excluding hydrogens is 218 g/mol. The lowest BCUT2D eigenvalue weighted by Crippen LogP contribution is -2.19. The van der Waals surface area contributed by atoms with Crippen LogP contribution in [-0.4, -0.2) is 19.1 Å². The first kappa shape index (κ1) is 11.8. The predicted molar refractivity (Wildman–Crippen MR) is 65.7 cm³/mol. The number of methoxy groups -OCH3 is 1. The fourth-order valence-corrected chi connectivity index (χ4v) is 1.89. The maximum Gasteiger partial charge on any atom is 0.224 e. The highest BCUT2D eigenvalue weighted by Crippen LogP contribution is 2.36. The number of ether oxygens (including phenoxy) is 2. The molecule has 1 N–H and O–H groups in total. The quantitative estimate of drug-likeness (QED) is 0.875. The van der Waals surface area contributed by atoms with Crippen LogP contribution in [0.2, 0.25) is 0 Å². The molecule has 0 radical (unpaired) electrons.